The van der Waals surface area contributed by atoms with Crippen LogP contribution in [0.5, 0.6) is 0 Å². The van der Waals surface area contributed by atoms with Crippen LogP contribution in [0.4, 0.5) is 17.5 Å². The average molecular weight is 339 g/mol. The van der Waals surface area contributed by atoms with E-state index in [-0.39, 0.29) is 0 Å². The Balaban J connectivity index is 1.79. The standard InChI is InChI=1S/C19H19ClN4/c1-14-12-18(24(2)13-15-6-4-3-5-7-15)23-19(21-14)22-17-10-8-16(20)9-11-17/h3-12H,13H2,1-2H3,(H,21,22,23). The van der Waals surface area contributed by atoms with Gasteiger partial charge in [0.15, 0.2) is 0 Å². The molecule has 0 aliphatic rings. The van der Waals surface area contributed by atoms with Crippen LogP contribution in [0.3, 0.4) is 0 Å². The first-order valence-corrected chi connectivity index (χ1v) is 8.11. The van der Waals surface area contributed by atoms with Crippen LogP contribution < -0.4 is 10.2 Å². The summed E-state index contributed by atoms with van der Waals surface area (Å²) in [6.07, 6.45) is 0. The molecule has 4 nitrogen and oxygen atoms in total. The van der Waals surface area contributed by atoms with E-state index in [4.69, 9.17) is 11.6 Å². The minimum Gasteiger partial charge on any atom is -0.355 e. The Kier molecular flexibility index (Phi) is 4.96. The molecule has 0 unspecified atom stereocenters. The summed E-state index contributed by atoms with van der Waals surface area (Å²) < 4.78 is 0. The van der Waals surface area contributed by atoms with Crippen molar-refractivity contribution in [3.63, 3.8) is 0 Å². The van der Waals surface area contributed by atoms with Crippen molar-refractivity contribution in [2.24, 2.45) is 0 Å². The maximum Gasteiger partial charge on any atom is 0.229 e. The van der Waals surface area contributed by atoms with Gasteiger partial charge < -0.3 is 10.2 Å². The van der Waals surface area contributed by atoms with Crippen LogP contribution in [0.1, 0.15) is 11.3 Å². The van der Waals surface area contributed by atoms with Crippen molar-refractivity contribution < 1.29 is 0 Å². The third kappa shape index (κ3) is 4.24. The van der Waals surface area contributed by atoms with E-state index in [1.165, 1.54) is 5.56 Å². The van der Waals surface area contributed by atoms with Gasteiger partial charge in [-0.2, -0.15) is 4.98 Å². The lowest BCUT2D eigenvalue weighted by molar-refractivity contribution is 0.888. The van der Waals surface area contributed by atoms with E-state index in [2.05, 4.69) is 32.3 Å². The zero-order valence-electron chi connectivity index (χ0n) is 13.7. The Morgan fingerprint density at radius 1 is 1.00 bits per heavy atom. The smallest absolute Gasteiger partial charge is 0.229 e. The molecule has 0 bridgehead atoms. The molecule has 0 fully saturated rings. The van der Waals surface area contributed by atoms with Gasteiger partial charge in [0.2, 0.25) is 5.95 Å². The summed E-state index contributed by atoms with van der Waals surface area (Å²) in [6, 6.07) is 19.8. The van der Waals surface area contributed by atoms with Crippen molar-refractivity contribution in [1.29, 1.82) is 0 Å². The minimum absolute atomic E-state index is 0.576. The second-order valence-corrected chi connectivity index (χ2v) is 6.10. The molecule has 3 aromatic rings. The van der Waals surface area contributed by atoms with Gasteiger partial charge in [-0.15, -0.1) is 0 Å². The molecule has 2 aromatic carbocycles. The van der Waals surface area contributed by atoms with Crippen molar-refractivity contribution in [2.75, 3.05) is 17.3 Å². The fourth-order valence-corrected chi connectivity index (χ4v) is 2.53. The number of halogens is 1. The topological polar surface area (TPSA) is 41.1 Å². The highest BCUT2D eigenvalue weighted by atomic mass is 35.5. The fraction of sp³-hybridized carbons (Fsp3) is 0.158. The quantitative estimate of drug-likeness (QED) is 0.724. The number of aromatic nitrogens is 2. The number of aryl methyl sites for hydroxylation is 1. The summed E-state index contributed by atoms with van der Waals surface area (Å²) >= 11 is 5.92. The first-order valence-electron chi connectivity index (χ1n) is 7.73. The molecule has 1 N–H and O–H groups in total. The third-order valence-corrected chi connectivity index (χ3v) is 3.85. The molecule has 0 radical (unpaired) electrons. The van der Waals surface area contributed by atoms with Crippen molar-refractivity contribution in [3.8, 4) is 0 Å². The van der Waals surface area contributed by atoms with Gasteiger partial charge in [-0.1, -0.05) is 41.9 Å². The number of anilines is 3. The highest BCUT2D eigenvalue weighted by molar-refractivity contribution is 6.30. The molecule has 0 aliphatic heterocycles. The van der Waals surface area contributed by atoms with Crippen molar-refractivity contribution in [3.05, 3.63) is 76.9 Å². The molecule has 0 saturated carbocycles. The van der Waals surface area contributed by atoms with E-state index in [0.29, 0.717) is 11.0 Å². The summed E-state index contributed by atoms with van der Waals surface area (Å²) in [5, 5.41) is 3.93. The first kappa shape index (κ1) is 16.3. The summed E-state index contributed by atoms with van der Waals surface area (Å²) in [5.74, 6) is 1.45. The number of hydrogen-bond donors (Lipinski definition) is 1. The van der Waals surface area contributed by atoms with Crippen LogP contribution in [-0.2, 0) is 6.54 Å². The average Bonchev–Trinajstić information content (AvgIpc) is 2.57. The molecular weight excluding hydrogens is 320 g/mol. The molecule has 122 valence electrons. The van der Waals surface area contributed by atoms with Crippen molar-refractivity contribution in [1.82, 2.24) is 9.97 Å². The minimum atomic E-state index is 0.576. The summed E-state index contributed by atoms with van der Waals surface area (Å²) in [6.45, 7) is 2.76. The van der Waals surface area contributed by atoms with Gasteiger partial charge in [-0.05, 0) is 36.8 Å². The number of nitrogens with one attached hydrogen (secondary N) is 1. The molecule has 1 aromatic heterocycles. The maximum absolute atomic E-state index is 5.92. The lowest BCUT2D eigenvalue weighted by atomic mass is 10.2. The summed E-state index contributed by atoms with van der Waals surface area (Å²) in [4.78, 5) is 11.2. The van der Waals surface area contributed by atoms with E-state index < -0.39 is 0 Å². The van der Waals surface area contributed by atoms with Gasteiger partial charge in [-0.3, -0.25) is 0 Å². The molecular formula is C19H19ClN4. The molecule has 0 spiro atoms. The summed E-state index contributed by atoms with van der Waals surface area (Å²) in [7, 11) is 2.03. The van der Waals surface area contributed by atoms with Gasteiger partial charge in [0.1, 0.15) is 5.82 Å². The van der Waals surface area contributed by atoms with E-state index in [0.717, 1.165) is 23.7 Å². The molecule has 0 aliphatic carbocycles. The molecule has 0 amide bonds. The Morgan fingerprint density at radius 2 is 1.71 bits per heavy atom. The lowest BCUT2D eigenvalue weighted by Gasteiger charge is -2.19. The monoisotopic (exact) mass is 338 g/mol. The Bertz CT molecular complexity index is 803. The van der Waals surface area contributed by atoms with Gasteiger partial charge in [0.25, 0.3) is 0 Å². The van der Waals surface area contributed by atoms with Crippen molar-refractivity contribution >= 4 is 29.1 Å². The summed E-state index contributed by atoms with van der Waals surface area (Å²) in [5.41, 5.74) is 3.06. The van der Waals surface area contributed by atoms with Crippen molar-refractivity contribution in [2.45, 2.75) is 13.5 Å². The van der Waals surface area contributed by atoms with Crippen LogP contribution in [0.15, 0.2) is 60.7 Å². The zero-order valence-corrected chi connectivity index (χ0v) is 14.5. The molecule has 3 rings (SSSR count). The number of nitrogens with zero attached hydrogens (tertiary/aromatic N) is 3. The number of hydrogen-bond acceptors (Lipinski definition) is 4. The predicted molar refractivity (Wildman–Crippen MR) is 100 cm³/mol. The van der Waals surface area contributed by atoms with Gasteiger partial charge in [0.05, 0.1) is 0 Å². The molecule has 24 heavy (non-hydrogen) atoms. The Labute approximate surface area is 147 Å². The maximum atomic E-state index is 5.92. The Morgan fingerprint density at radius 3 is 2.42 bits per heavy atom. The van der Waals surface area contributed by atoms with Gasteiger partial charge >= 0.3 is 0 Å². The van der Waals surface area contributed by atoms with Crippen LogP contribution in [-0.4, -0.2) is 17.0 Å². The highest BCUT2D eigenvalue weighted by Gasteiger charge is 2.08. The van der Waals surface area contributed by atoms with E-state index in [1.807, 2.05) is 62.5 Å². The van der Waals surface area contributed by atoms with E-state index >= 15 is 0 Å². The van der Waals surface area contributed by atoms with Crippen LogP contribution >= 0.6 is 11.6 Å². The fourth-order valence-electron chi connectivity index (χ4n) is 2.40. The number of benzene rings is 2. The van der Waals surface area contributed by atoms with Crippen LogP contribution in [0, 0.1) is 6.92 Å². The van der Waals surface area contributed by atoms with E-state index in [9.17, 15) is 0 Å². The van der Waals surface area contributed by atoms with Gasteiger partial charge in [-0.25, -0.2) is 4.98 Å². The Hall–Kier alpha value is -2.59. The van der Waals surface area contributed by atoms with Crippen LogP contribution in [0.2, 0.25) is 5.02 Å². The second kappa shape index (κ2) is 7.32. The molecule has 0 saturated heterocycles. The third-order valence-electron chi connectivity index (χ3n) is 3.59. The predicted octanol–water partition coefficient (Wildman–Crippen LogP) is 4.82. The normalized spacial score (nSPS) is 10.5. The highest BCUT2D eigenvalue weighted by Crippen LogP contribution is 2.20. The zero-order chi connectivity index (χ0) is 16.9. The SMILES string of the molecule is Cc1cc(N(C)Cc2ccccc2)nc(Nc2ccc(Cl)cc2)n1. The molecule has 5 heteroatoms. The largest absolute Gasteiger partial charge is 0.355 e. The molecule has 0 atom stereocenters. The van der Waals surface area contributed by atoms with E-state index in [1.54, 1.807) is 0 Å². The lowest BCUT2D eigenvalue weighted by Crippen LogP contribution is -2.18. The number of rotatable bonds is 5. The van der Waals surface area contributed by atoms with Crippen LogP contribution in [0.25, 0.3) is 0 Å². The first-order chi connectivity index (χ1) is 11.6. The molecule has 1 heterocycles. The second-order valence-electron chi connectivity index (χ2n) is 5.66. The van der Waals surface area contributed by atoms with Gasteiger partial charge in [0, 0.05) is 36.1 Å².